The van der Waals surface area contributed by atoms with Crippen LogP contribution in [0.4, 0.5) is 0 Å². The van der Waals surface area contributed by atoms with Gasteiger partial charge in [0.25, 0.3) is 0 Å². The maximum absolute atomic E-state index is 10.8. The summed E-state index contributed by atoms with van der Waals surface area (Å²) in [5.41, 5.74) is 1.20. The van der Waals surface area contributed by atoms with E-state index in [0.29, 0.717) is 11.5 Å². The molecule has 0 amide bonds. The van der Waals surface area contributed by atoms with Crippen LogP contribution in [-0.2, 0) is 6.42 Å². The molecule has 0 spiro atoms. The van der Waals surface area contributed by atoms with Crippen LogP contribution in [0.5, 0.6) is 0 Å². The van der Waals surface area contributed by atoms with Crippen LogP contribution in [-0.4, -0.2) is 5.97 Å². The smallest absolute Gasteiger partial charge is 0.545 e. The van der Waals surface area contributed by atoms with Crippen LogP contribution in [0.15, 0.2) is 24.3 Å². The molecular formula is C12H15NaO2. The molecule has 0 aliphatic carbocycles. The summed E-state index contributed by atoms with van der Waals surface area (Å²) in [6.07, 6.45) is 1.86. The van der Waals surface area contributed by atoms with Crippen LogP contribution in [0, 0.1) is 5.92 Å². The first kappa shape index (κ1) is 14.7. The third-order valence-corrected chi connectivity index (χ3v) is 2.50. The molecule has 0 aromatic heterocycles. The molecule has 0 saturated carbocycles. The standard InChI is InChI=1S/C12H16O2.Na/c1-3-9(2)8-10-6-4-5-7-11(10)12(13)14;/h4-7,9H,3,8H2,1-2H3,(H,13,14);/q;+1/p-1. The van der Waals surface area contributed by atoms with Gasteiger partial charge in [-0.3, -0.25) is 0 Å². The first-order valence-electron chi connectivity index (χ1n) is 4.94. The van der Waals surface area contributed by atoms with Crippen LogP contribution in [0.2, 0.25) is 0 Å². The Kier molecular flexibility index (Phi) is 6.90. The molecule has 0 aliphatic heterocycles. The molecule has 3 heteroatoms. The summed E-state index contributed by atoms with van der Waals surface area (Å²) in [5.74, 6) is -0.570. The second kappa shape index (κ2) is 7.04. The number of carboxylic acids is 1. The summed E-state index contributed by atoms with van der Waals surface area (Å²) in [4.78, 5) is 10.8. The van der Waals surface area contributed by atoms with Crippen LogP contribution in [0.3, 0.4) is 0 Å². The van der Waals surface area contributed by atoms with Gasteiger partial charge in [-0.05, 0) is 17.9 Å². The average molecular weight is 214 g/mol. The van der Waals surface area contributed by atoms with E-state index in [2.05, 4.69) is 13.8 Å². The number of hydrogen-bond donors (Lipinski definition) is 0. The molecule has 76 valence electrons. The molecule has 2 nitrogen and oxygen atoms in total. The summed E-state index contributed by atoms with van der Waals surface area (Å²) in [6.45, 7) is 4.22. The van der Waals surface area contributed by atoms with Crippen molar-refractivity contribution in [3.8, 4) is 0 Å². The van der Waals surface area contributed by atoms with E-state index in [1.165, 1.54) is 0 Å². The van der Waals surface area contributed by atoms with E-state index in [1.54, 1.807) is 12.1 Å². The number of aromatic carboxylic acids is 1. The zero-order valence-electron chi connectivity index (χ0n) is 9.62. The monoisotopic (exact) mass is 214 g/mol. The van der Waals surface area contributed by atoms with E-state index in [4.69, 9.17) is 0 Å². The van der Waals surface area contributed by atoms with Crippen molar-refractivity contribution >= 4 is 5.97 Å². The predicted octanol–water partition coefficient (Wildman–Crippen LogP) is -1.36. The molecule has 1 atom stereocenters. The minimum Gasteiger partial charge on any atom is -0.545 e. The summed E-state index contributed by atoms with van der Waals surface area (Å²) in [5, 5.41) is 10.8. The Bertz CT molecular complexity index is 323. The van der Waals surface area contributed by atoms with E-state index in [-0.39, 0.29) is 29.6 Å². The largest absolute Gasteiger partial charge is 1.00 e. The van der Waals surface area contributed by atoms with Gasteiger partial charge in [-0.1, -0.05) is 44.5 Å². The molecule has 15 heavy (non-hydrogen) atoms. The van der Waals surface area contributed by atoms with E-state index in [9.17, 15) is 9.90 Å². The molecule has 0 bridgehead atoms. The summed E-state index contributed by atoms with van der Waals surface area (Å²) in [6, 6.07) is 7.06. The Hall–Kier alpha value is -0.310. The molecule has 0 heterocycles. The van der Waals surface area contributed by atoms with Gasteiger partial charge >= 0.3 is 29.6 Å². The SMILES string of the molecule is CCC(C)Cc1ccccc1C(=O)[O-].[Na+]. The fraction of sp³-hybridized carbons (Fsp3) is 0.417. The Morgan fingerprint density at radius 3 is 2.53 bits per heavy atom. The van der Waals surface area contributed by atoms with Crippen LogP contribution in [0.25, 0.3) is 0 Å². The fourth-order valence-electron chi connectivity index (χ4n) is 1.42. The molecule has 0 N–H and O–H groups in total. The molecule has 1 aromatic carbocycles. The van der Waals surface area contributed by atoms with Crippen molar-refractivity contribution in [2.75, 3.05) is 0 Å². The van der Waals surface area contributed by atoms with Crippen molar-refractivity contribution in [2.45, 2.75) is 26.7 Å². The maximum Gasteiger partial charge on any atom is 1.00 e. The first-order chi connectivity index (χ1) is 6.65. The van der Waals surface area contributed by atoms with Gasteiger partial charge in [0.1, 0.15) is 0 Å². The zero-order chi connectivity index (χ0) is 10.6. The van der Waals surface area contributed by atoms with Gasteiger partial charge in [0.15, 0.2) is 0 Å². The molecule has 0 fully saturated rings. The third-order valence-electron chi connectivity index (χ3n) is 2.50. The van der Waals surface area contributed by atoms with Gasteiger partial charge in [-0.2, -0.15) is 0 Å². The summed E-state index contributed by atoms with van der Waals surface area (Å²) >= 11 is 0. The molecule has 0 radical (unpaired) electrons. The Labute approximate surface area is 113 Å². The van der Waals surface area contributed by atoms with Crippen molar-refractivity contribution in [1.29, 1.82) is 0 Å². The van der Waals surface area contributed by atoms with E-state index >= 15 is 0 Å². The Morgan fingerprint density at radius 1 is 1.40 bits per heavy atom. The number of hydrogen-bond acceptors (Lipinski definition) is 2. The molecule has 1 aromatic rings. The van der Waals surface area contributed by atoms with E-state index in [1.807, 2.05) is 12.1 Å². The Balaban J connectivity index is 0.00000196. The third kappa shape index (κ3) is 4.37. The number of carboxylic acid groups (broad SMARTS) is 1. The van der Waals surface area contributed by atoms with Gasteiger partial charge in [0.05, 0.1) is 5.97 Å². The second-order valence-corrected chi connectivity index (χ2v) is 3.66. The molecular weight excluding hydrogens is 199 g/mol. The van der Waals surface area contributed by atoms with Crippen LogP contribution in [0.1, 0.15) is 36.2 Å². The fourth-order valence-corrected chi connectivity index (χ4v) is 1.42. The summed E-state index contributed by atoms with van der Waals surface area (Å²) < 4.78 is 0. The molecule has 1 rings (SSSR count). The van der Waals surface area contributed by atoms with Crippen molar-refractivity contribution in [3.63, 3.8) is 0 Å². The van der Waals surface area contributed by atoms with E-state index < -0.39 is 5.97 Å². The second-order valence-electron chi connectivity index (χ2n) is 3.66. The minimum absolute atomic E-state index is 0. The van der Waals surface area contributed by atoms with Gasteiger partial charge in [-0.25, -0.2) is 0 Å². The average Bonchev–Trinajstić information content (AvgIpc) is 2.18. The van der Waals surface area contributed by atoms with Crippen LogP contribution < -0.4 is 34.7 Å². The molecule has 0 aliphatic rings. The van der Waals surface area contributed by atoms with Crippen molar-refractivity contribution in [2.24, 2.45) is 5.92 Å². The van der Waals surface area contributed by atoms with Crippen LogP contribution >= 0.6 is 0 Å². The van der Waals surface area contributed by atoms with Gasteiger partial charge in [0, 0.05) is 5.56 Å². The zero-order valence-corrected chi connectivity index (χ0v) is 11.6. The van der Waals surface area contributed by atoms with Crippen molar-refractivity contribution in [3.05, 3.63) is 35.4 Å². The number of carbonyl (C=O) groups is 1. The predicted molar refractivity (Wildman–Crippen MR) is 53.9 cm³/mol. The van der Waals surface area contributed by atoms with Gasteiger partial charge in [-0.15, -0.1) is 0 Å². The number of benzene rings is 1. The first-order valence-corrected chi connectivity index (χ1v) is 4.94. The number of rotatable bonds is 4. The molecule has 0 saturated heterocycles. The normalized spacial score (nSPS) is 11.6. The summed E-state index contributed by atoms with van der Waals surface area (Å²) in [7, 11) is 0. The molecule has 1 unspecified atom stereocenters. The quantitative estimate of drug-likeness (QED) is 0.581. The van der Waals surface area contributed by atoms with E-state index in [0.717, 1.165) is 18.4 Å². The topological polar surface area (TPSA) is 40.1 Å². The van der Waals surface area contributed by atoms with Crippen molar-refractivity contribution in [1.82, 2.24) is 0 Å². The minimum atomic E-state index is -1.08. The number of carbonyl (C=O) groups excluding carboxylic acids is 1. The van der Waals surface area contributed by atoms with Gasteiger partial charge in [0.2, 0.25) is 0 Å². The van der Waals surface area contributed by atoms with Crippen molar-refractivity contribution < 1.29 is 39.5 Å². The maximum atomic E-state index is 10.8. The van der Waals surface area contributed by atoms with Gasteiger partial charge < -0.3 is 9.90 Å². The Morgan fingerprint density at radius 2 is 2.00 bits per heavy atom.